The van der Waals surface area contributed by atoms with Gasteiger partial charge in [0.25, 0.3) is 0 Å². The molecule has 32 heavy (non-hydrogen) atoms. The van der Waals surface area contributed by atoms with E-state index >= 15 is 0 Å². The summed E-state index contributed by atoms with van der Waals surface area (Å²) in [4.78, 5) is 12.4. The van der Waals surface area contributed by atoms with Gasteiger partial charge in [0.2, 0.25) is 5.91 Å². The Kier molecular flexibility index (Phi) is 14.4. The molecule has 0 radical (unpaired) electrons. The van der Waals surface area contributed by atoms with Crippen LogP contribution >= 0.6 is 0 Å². The summed E-state index contributed by atoms with van der Waals surface area (Å²) >= 11 is 0. The summed E-state index contributed by atoms with van der Waals surface area (Å²) in [5.41, 5.74) is 1.60. The molecule has 2 aromatic rings. The first-order chi connectivity index (χ1) is 15.8. The van der Waals surface area contributed by atoms with Gasteiger partial charge in [-0.3, -0.25) is 4.79 Å². The Balaban J connectivity index is 1.32. The second-order valence-electron chi connectivity index (χ2n) is 9.13. The van der Waals surface area contributed by atoms with Gasteiger partial charge in [0.1, 0.15) is 5.52 Å². The lowest BCUT2D eigenvalue weighted by Gasteiger charge is -2.04. The van der Waals surface area contributed by atoms with E-state index in [-0.39, 0.29) is 5.91 Å². The molecule has 0 aliphatic rings. The van der Waals surface area contributed by atoms with Gasteiger partial charge in [-0.1, -0.05) is 120 Å². The Labute approximate surface area is 195 Å². The minimum absolute atomic E-state index is 0.0579. The highest BCUT2D eigenvalue weighted by molar-refractivity contribution is 5.88. The van der Waals surface area contributed by atoms with E-state index in [1.54, 1.807) is 0 Å². The zero-order valence-electron chi connectivity index (χ0n) is 20.4. The van der Waals surface area contributed by atoms with Crippen LogP contribution in [-0.4, -0.2) is 20.9 Å². The largest absolute Gasteiger partial charge is 0.273 e. The van der Waals surface area contributed by atoms with Gasteiger partial charge in [-0.05, 0) is 37.8 Å². The van der Waals surface area contributed by atoms with Gasteiger partial charge in [-0.15, -0.1) is 5.10 Å². The molecule has 0 spiro atoms. The van der Waals surface area contributed by atoms with Crippen LogP contribution in [0.15, 0.2) is 36.4 Å². The Bertz CT molecular complexity index is 765. The summed E-state index contributed by atoms with van der Waals surface area (Å²) in [6.45, 7) is 2.24. The fraction of sp³-hybridized carbons (Fsp3) is 0.679. The first-order valence-corrected chi connectivity index (χ1v) is 13.3. The molecule has 0 bridgehead atoms. The van der Waals surface area contributed by atoms with Gasteiger partial charge in [0.15, 0.2) is 0 Å². The van der Waals surface area contributed by atoms with Gasteiger partial charge >= 0.3 is 0 Å². The highest BCUT2D eigenvalue weighted by Gasteiger charge is 2.10. The SMILES string of the molecule is CCC/C=C/CCCCCCCCCCCCCCCCC(=O)n1nnc2ccccc21. The molecular weight excluding hydrogens is 394 g/mol. The number of hydrogen-bond acceptors (Lipinski definition) is 3. The summed E-state index contributed by atoms with van der Waals surface area (Å²) in [6.07, 6.45) is 27.6. The van der Waals surface area contributed by atoms with Crippen LogP contribution in [0.4, 0.5) is 0 Å². The topological polar surface area (TPSA) is 47.8 Å². The summed E-state index contributed by atoms with van der Waals surface area (Å²) in [7, 11) is 0. The summed E-state index contributed by atoms with van der Waals surface area (Å²) in [6, 6.07) is 7.63. The molecule has 0 atom stereocenters. The van der Waals surface area contributed by atoms with Crippen molar-refractivity contribution >= 4 is 16.9 Å². The van der Waals surface area contributed by atoms with E-state index in [1.165, 1.54) is 101 Å². The molecule has 0 fully saturated rings. The van der Waals surface area contributed by atoms with Crippen molar-refractivity contribution in [3.05, 3.63) is 36.4 Å². The molecule has 4 heteroatoms. The number of allylic oxidation sites excluding steroid dienone is 2. The quantitative estimate of drug-likeness (QED) is 0.162. The molecule has 4 nitrogen and oxygen atoms in total. The maximum atomic E-state index is 12.4. The molecule has 1 heterocycles. The monoisotopic (exact) mass is 439 g/mol. The standard InChI is InChI=1S/C28H45N3O/c1-2-3-4-5-6-7-8-9-10-11-12-13-14-15-16-17-18-19-20-25-28(32)31-27-24-22-21-23-26(27)29-30-31/h4-5,21-24H,2-3,6-20,25H2,1H3/b5-4+. The number of nitrogens with zero attached hydrogens (tertiary/aromatic N) is 3. The fourth-order valence-corrected chi connectivity index (χ4v) is 4.22. The van der Waals surface area contributed by atoms with E-state index in [9.17, 15) is 4.79 Å². The average molecular weight is 440 g/mol. The molecule has 0 amide bonds. The highest BCUT2D eigenvalue weighted by Crippen LogP contribution is 2.15. The van der Waals surface area contributed by atoms with Crippen LogP contribution in [0.5, 0.6) is 0 Å². The van der Waals surface area contributed by atoms with Crippen molar-refractivity contribution in [3.63, 3.8) is 0 Å². The second-order valence-corrected chi connectivity index (χ2v) is 9.13. The Morgan fingerprint density at radius 3 is 1.91 bits per heavy atom. The number of fused-ring (bicyclic) bond motifs is 1. The van der Waals surface area contributed by atoms with Crippen LogP contribution in [0.3, 0.4) is 0 Å². The van der Waals surface area contributed by atoms with Crippen molar-refractivity contribution in [2.75, 3.05) is 0 Å². The number of unbranched alkanes of at least 4 members (excludes halogenated alkanes) is 15. The zero-order valence-corrected chi connectivity index (χ0v) is 20.4. The van der Waals surface area contributed by atoms with Crippen LogP contribution in [0, 0.1) is 0 Å². The minimum Gasteiger partial charge on any atom is -0.273 e. The fourth-order valence-electron chi connectivity index (χ4n) is 4.22. The number of carbonyl (C=O) groups is 1. The average Bonchev–Trinajstić information content (AvgIpc) is 3.25. The molecule has 0 saturated heterocycles. The zero-order chi connectivity index (χ0) is 22.7. The third-order valence-corrected chi connectivity index (χ3v) is 6.22. The Morgan fingerprint density at radius 1 is 0.750 bits per heavy atom. The lowest BCUT2D eigenvalue weighted by Crippen LogP contribution is -2.12. The molecule has 0 unspecified atom stereocenters. The van der Waals surface area contributed by atoms with Crippen molar-refractivity contribution in [2.45, 2.75) is 122 Å². The van der Waals surface area contributed by atoms with Crippen molar-refractivity contribution < 1.29 is 4.79 Å². The lowest BCUT2D eigenvalue weighted by atomic mass is 10.0. The minimum atomic E-state index is 0.0579. The van der Waals surface area contributed by atoms with E-state index < -0.39 is 0 Å². The van der Waals surface area contributed by atoms with Crippen molar-refractivity contribution in [1.29, 1.82) is 0 Å². The number of aromatic nitrogens is 3. The van der Waals surface area contributed by atoms with Crippen LogP contribution in [-0.2, 0) is 0 Å². The molecule has 2 rings (SSSR count). The molecule has 0 aliphatic carbocycles. The highest BCUT2D eigenvalue weighted by atomic mass is 16.2. The summed E-state index contributed by atoms with van der Waals surface area (Å²) < 4.78 is 1.46. The van der Waals surface area contributed by atoms with Crippen LogP contribution in [0.25, 0.3) is 11.0 Å². The van der Waals surface area contributed by atoms with Gasteiger partial charge in [-0.2, -0.15) is 4.68 Å². The van der Waals surface area contributed by atoms with Gasteiger partial charge < -0.3 is 0 Å². The summed E-state index contributed by atoms with van der Waals surface area (Å²) in [5.74, 6) is 0.0579. The number of carbonyl (C=O) groups excluding carboxylic acids is 1. The lowest BCUT2D eigenvalue weighted by molar-refractivity contribution is 0.0886. The molecule has 1 aromatic heterocycles. The van der Waals surface area contributed by atoms with Crippen molar-refractivity contribution in [3.8, 4) is 0 Å². The molecule has 178 valence electrons. The first kappa shape index (κ1) is 26.3. The number of benzene rings is 1. The second kappa shape index (κ2) is 17.6. The third-order valence-electron chi connectivity index (χ3n) is 6.22. The molecule has 0 N–H and O–H groups in total. The van der Waals surface area contributed by atoms with E-state index in [0.29, 0.717) is 6.42 Å². The van der Waals surface area contributed by atoms with Gasteiger partial charge in [0, 0.05) is 6.42 Å². The van der Waals surface area contributed by atoms with Crippen molar-refractivity contribution in [1.82, 2.24) is 15.0 Å². The Hall–Kier alpha value is -1.97. The van der Waals surface area contributed by atoms with Gasteiger partial charge in [0.05, 0.1) is 5.52 Å². The van der Waals surface area contributed by atoms with Crippen LogP contribution in [0.1, 0.15) is 127 Å². The predicted octanol–water partition coefficient (Wildman–Crippen LogP) is 8.67. The van der Waals surface area contributed by atoms with Crippen molar-refractivity contribution in [2.24, 2.45) is 0 Å². The van der Waals surface area contributed by atoms with Crippen LogP contribution < -0.4 is 0 Å². The first-order valence-electron chi connectivity index (χ1n) is 13.3. The Morgan fingerprint density at radius 2 is 1.28 bits per heavy atom. The maximum absolute atomic E-state index is 12.4. The van der Waals surface area contributed by atoms with Gasteiger partial charge in [-0.25, -0.2) is 0 Å². The van der Waals surface area contributed by atoms with E-state index in [0.717, 1.165) is 23.9 Å². The summed E-state index contributed by atoms with van der Waals surface area (Å²) in [5, 5.41) is 8.07. The molecule has 0 saturated carbocycles. The molecular formula is C28H45N3O. The maximum Gasteiger partial charge on any atom is 0.248 e. The van der Waals surface area contributed by atoms with E-state index in [2.05, 4.69) is 29.4 Å². The smallest absolute Gasteiger partial charge is 0.248 e. The predicted molar refractivity (Wildman–Crippen MR) is 136 cm³/mol. The molecule has 0 aliphatic heterocycles. The number of hydrogen-bond donors (Lipinski definition) is 0. The van der Waals surface area contributed by atoms with Crippen LogP contribution in [0.2, 0.25) is 0 Å². The van der Waals surface area contributed by atoms with E-state index in [4.69, 9.17) is 0 Å². The normalized spacial score (nSPS) is 11.7. The molecule has 1 aromatic carbocycles. The number of rotatable bonds is 19. The third kappa shape index (κ3) is 11.1. The van der Waals surface area contributed by atoms with E-state index in [1.807, 2.05) is 24.3 Å². The number of para-hydroxylation sites is 1.